The molecule has 7 heteroatoms. The molecular weight excluding hydrogens is 312 g/mol. The van der Waals surface area contributed by atoms with E-state index in [1.54, 1.807) is 31.4 Å². The standard InChI is InChI=1S/C17H18N2O5/c1-22-12-5-6-13(14(20)9-12)17(21)19-18-10-11-4-7-15(23-2)16(8-11)24-3/h4-10,20H,1-3H3,(H,19,21)/b18-10-. The Kier molecular flexibility index (Phi) is 5.62. The maximum atomic E-state index is 12.0. The maximum absolute atomic E-state index is 12.0. The summed E-state index contributed by atoms with van der Waals surface area (Å²) in [6.07, 6.45) is 1.46. The van der Waals surface area contributed by atoms with Crippen LogP contribution in [0.25, 0.3) is 0 Å². The average Bonchev–Trinajstić information content (AvgIpc) is 2.61. The van der Waals surface area contributed by atoms with Crippen LogP contribution in [0.4, 0.5) is 0 Å². The summed E-state index contributed by atoms with van der Waals surface area (Å²) in [6, 6.07) is 9.60. The molecular formula is C17H18N2O5. The third-order valence-corrected chi connectivity index (χ3v) is 3.24. The Labute approximate surface area is 139 Å². The van der Waals surface area contributed by atoms with E-state index in [1.165, 1.54) is 32.6 Å². The lowest BCUT2D eigenvalue weighted by atomic mass is 10.2. The number of phenols is 1. The molecule has 126 valence electrons. The molecule has 24 heavy (non-hydrogen) atoms. The zero-order valence-corrected chi connectivity index (χ0v) is 13.6. The van der Waals surface area contributed by atoms with Gasteiger partial charge in [-0.1, -0.05) is 0 Å². The monoisotopic (exact) mass is 330 g/mol. The molecule has 0 saturated heterocycles. The van der Waals surface area contributed by atoms with Crippen molar-refractivity contribution in [2.75, 3.05) is 21.3 Å². The van der Waals surface area contributed by atoms with Gasteiger partial charge in [-0.3, -0.25) is 4.79 Å². The molecule has 0 aromatic heterocycles. The Balaban J connectivity index is 2.07. The molecule has 2 aromatic rings. The van der Waals surface area contributed by atoms with Crippen LogP contribution in [0.2, 0.25) is 0 Å². The molecule has 0 radical (unpaired) electrons. The highest BCUT2D eigenvalue weighted by atomic mass is 16.5. The number of nitrogens with one attached hydrogen (secondary N) is 1. The van der Waals surface area contributed by atoms with Gasteiger partial charge in [-0.25, -0.2) is 5.43 Å². The highest BCUT2D eigenvalue weighted by molar-refractivity contribution is 5.97. The van der Waals surface area contributed by atoms with Gasteiger partial charge in [-0.05, 0) is 35.9 Å². The summed E-state index contributed by atoms with van der Waals surface area (Å²) in [7, 11) is 4.56. The highest BCUT2D eigenvalue weighted by Crippen LogP contribution is 2.27. The second kappa shape index (κ2) is 7.87. The predicted molar refractivity (Wildman–Crippen MR) is 89.3 cm³/mol. The van der Waals surface area contributed by atoms with Gasteiger partial charge in [-0.15, -0.1) is 0 Å². The number of hydrogen-bond donors (Lipinski definition) is 2. The van der Waals surface area contributed by atoms with Crippen molar-refractivity contribution in [3.63, 3.8) is 0 Å². The zero-order chi connectivity index (χ0) is 17.5. The Morgan fingerprint density at radius 2 is 1.79 bits per heavy atom. The number of carbonyl (C=O) groups is 1. The van der Waals surface area contributed by atoms with E-state index < -0.39 is 5.91 Å². The lowest BCUT2D eigenvalue weighted by Crippen LogP contribution is -2.17. The summed E-state index contributed by atoms with van der Waals surface area (Å²) >= 11 is 0. The topological polar surface area (TPSA) is 89.4 Å². The molecule has 0 fully saturated rings. The zero-order valence-electron chi connectivity index (χ0n) is 13.6. The molecule has 0 saturated carbocycles. The van der Waals surface area contributed by atoms with Crippen molar-refractivity contribution in [3.05, 3.63) is 47.5 Å². The molecule has 0 aliphatic carbocycles. The second-order valence-electron chi connectivity index (χ2n) is 4.70. The predicted octanol–water partition coefficient (Wildman–Crippen LogP) is 2.18. The van der Waals surface area contributed by atoms with Gasteiger partial charge in [0.15, 0.2) is 11.5 Å². The third kappa shape index (κ3) is 3.95. The number of benzene rings is 2. The van der Waals surface area contributed by atoms with E-state index >= 15 is 0 Å². The molecule has 0 aliphatic heterocycles. The van der Waals surface area contributed by atoms with Crippen molar-refractivity contribution < 1.29 is 24.1 Å². The van der Waals surface area contributed by atoms with Crippen molar-refractivity contribution in [3.8, 4) is 23.0 Å². The van der Waals surface area contributed by atoms with Crippen molar-refractivity contribution >= 4 is 12.1 Å². The Morgan fingerprint density at radius 1 is 1.04 bits per heavy atom. The smallest absolute Gasteiger partial charge is 0.275 e. The second-order valence-corrected chi connectivity index (χ2v) is 4.70. The summed E-state index contributed by atoms with van der Waals surface area (Å²) < 4.78 is 15.3. The molecule has 0 heterocycles. The van der Waals surface area contributed by atoms with Gasteiger partial charge >= 0.3 is 0 Å². The van der Waals surface area contributed by atoms with Crippen LogP contribution in [-0.2, 0) is 0 Å². The van der Waals surface area contributed by atoms with Gasteiger partial charge in [-0.2, -0.15) is 5.10 Å². The molecule has 1 amide bonds. The number of methoxy groups -OCH3 is 3. The fourth-order valence-corrected chi connectivity index (χ4v) is 1.99. The number of ether oxygens (including phenoxy) is 3. The van der Waals surface area contributed by atoms with E-state index in [1.807, 2.05) is 0 Å². The van der Waals surface area contributed by atoms with E-state index in [0.717, 1.165) is 0 Å². The normalized spacial score (nSPS) is 10.5. The first-order valence-corrected chi connectivity index (χ1v) is 7.01. The van der Waals surface area contributed by atoms with Gasteiger partial charge in [0.1, 0.15) is 11.5 Å². The fraction of sp³-hybridized carbons (Fsp3) is 0.176. The van der Waals surface area contributed by atoms with E-state index in [2.05, 4.69) is 10.5 Å². The van der Waals surface area contributed by atoms with E-state index in [4.69, 9.17) is 14.2 Å². The first-order chi connectivity index (χ1) is 11.6. The van der Waals surface area contributed by atoms with E-state index in [-0.39, 0.29) is 11.3 Å². The maximum Gasteiger partial charge on any atom is 0.275 e. The molecule has 2 rings (SSSR count). The quantitative estimate of drug-likeness (QED) is 0.626. The first-order valence-electron chi connectivity index (χ1n) is 7.01. The summed E-state index contributed by atoms with van der Waals surface area (Å²) in [4.78, 5) is 12.0. The summed E-state index contributed by atoms with van der Waals surface area (Å²) in [5.41, 5.74) is 3.16. The molecule has 0 aliphatic rings. The first kappa shape index (κ1) is 17.1. The van der Waals surface area contributed by atoms with Gasteiger partial charge in [0.05, 0.1) is 33.1 Å². The highest BCUT2D eigenvalue weighted by Gasteiger charge is 2.11. The van der Waals surface area contributed by atoms with Crippen molar-refractivity contribution in [1.82, 2.24) is 5.43 Å². The summed E-state index contributed by atoms with van der Waals surface area (Å²) in [5.74, 6) is 0.889. The molecule has 0 unspecified atom stereocenters. The van der Waals surface area contributed by atoms with Crippen LogP contribution in [0.5, 0.6) is 23.0 Å². The van der Waals surface area contributed by atoms with E-state index in [9.17, 15) is 9.90 Å². The van der Waals surface area contributed by atoms with E-state index in [0.29, 0.717) is 22.8 Å². The van der Waals surface area contributed by atoms with Crippen LogP contribution in [-0.4, -0.2) is 38.6 Å². The van der Waals surface area contributed by atoms with Crippen LogP contribution in [0, 0.1) is 0 Å². The number of hydrogen-bond acceptors (Lipinski definition) is 6. The molecule has 2 aromatic carbocycles. The van der Waals surface area contributed by atoms with Crippen LogP contribution < -0.4 is 19.6 Å². The Hall–Kier alpha value is -3.22. The minimum absolute atomic E-state index is 0.0975. The minimum Gasteiger partial charge on any atom is -0.507 e. The average molecular weight is 330 g/mol. The number of rotatable bonds is 6. The van der Waals surface area contributed by atoms with Crippen molar-refractivity contribution in [2.45, 2.75) is 0 Å². The fourth-order valence-electron chi connectivity index (χ4n) is 1.99. The van der Waals surface area contributed by atoms with Gasteiger partial charge in [0.25, 0.3) is 5.91 Å². The lowest BCUT2D eigenvalue weighted by molar-refractivity contribution is 0.0952. The van der Waals surface area contributed by atoms with Gasteiger partial charge in [0, 0.05) is 6.07 Å². The number of nitrogens with zero attached hydrogens (tertiary/aromatic N) is 1. The van der Waals surface area contributed by atoms with Crippen molar-refractivity contribution in [2.24, 2.45) is 5.10 Å². The van der Waals surface area contributed by atoms with Gasteiger partial charge in [0.2, 0.25) is 0 Å². The number of aromatic hydroxyl groups is 1. The molecule has 7 nitrogen and oxygen atoms in total. The third-order valence-electron chi connectivity index (χ3n) is 3.24. The molecule has 0 atom stereocenters. The molecule has 0 bridgehead atoms. The molecule has 2 N–H and O–H groups in total. The SMILES string of the molecule is COc1ccc(C(=O)N/N=C\c2ccc(OC)c(OC)c2)c(O)c1. The Morgan fingerprint density at radius 3 is 2.42 bits per heavy atom. The van der Waals surface area contributed by atoms with Gasteiger partial charge < -0.3 is 19.3 Å². The van der Waals surface area contributed by atoms with Crippen LogP contribution >= 0.6 is 0 Å². The van der Waals surface area contributed by atoms with Crippen LogP contribution in [0.1, 0.15) is 15.9 Å². The number of carbonyl (C=O) groups excluding carboxylic acids is 1. The van der Waals surface area contributed by atoms with Crippen molar-refractivity contribution in [1.29, 1.82) is 0 Å². The number of phenolic OH excluding ortho intramolecular Hbond substituents is 1. The molecule has 0 spiro atoms. The number of amides is 1. The lowest BCUT2D eigenvalue weighted by Gasteiger charge is -2.07. The minimum atomic E-state index is -0.535. The van der Waals surface area contributed by atoms with Crippen LogP contribution in [0.3, 0.4) is 0 Å². The largest absolute Gasteiger partial charge is 0.507 e. The summed E-state index contributed by atoms with van der Waals surface area (Å²) in [5, 5.41) is 13.7. The van der Waals surface area contributed by atoms with Crippen LogP contribution in [0.15, 0.2) is 41.5 Å². The Bertz CT molecular complexity index is 759. The summed E-state index contributed by atoms with van der Waals surface area (Å²) in [6.45, 7) is 0. The number of hydrazone groups is 1.